The van der Waals surface area contributed by atoms with E-state index in [1.54, 1.807) is 9.42 Å². The SMILES string of the molecule is CN(C(=O)[C@@H]1CCCN1c1nc(Nc2cc(C3CC3)[nH]n2)c2cccn2n1)c1ccccc1. The first-order valence-electron chi connectivity index (χ1n) is 11.4. The molecule has 1 aromatic carbocycles. The van der Waals surface area contributed by atoms with Gasteiger partial charge in [0.05, 0.1) is 0 Å². The predicted molar refractivity (Wildman–Crippen MR) is 127 cm³/mol. The van der Waals surface area contributed by atoms with Gasteiger partial charge in [0, 0.05) is 43.2 Å². The number of anilines is 4. The number of nitrogens with zero attached hydrogens (tertiary/aromatic N) is 6. The van der Waals surface area contributed by atoms with Crippen molar-refractivity contribution in [3.8, 4) is 0 Å². The second-order valence-corrected chi connectivity index (χ2v) is 8.79. The van der Waals surface area contributed by atoms with Crippen LogP contribution in [0.5, 0.6) is 0 Å². The number of benzene rings is 1. The molecule has 0 unspecified atom stereocenters. The summed E-state index contributed by atoms with van der Waals surface area (Å²) in [6.45, 7) is 0.736. The smallest absolute Gasteiger partial charge is 0.249 e. The van der Waals surface area contributed by atoms with Gasteiger partial charge in [-0.2, -0.15) is 10.1 Å². The first-order valence-corrected chi connectivity index (χ1v) is 11.4. The van der Waals surface area contributed by atoms with E-state index in [2.05, 4.69) is 21.6 Å². The van der Waals surface area contributed by atoms with Crippen LogP contribution in [0.2, 0.25) is 0 Å². The summed E-state index contributed by atoms with van der Waals surface area (Å²) in [5.74, 6) is 2.60. The van der Waals surface area contributed by atoms with Gasteiger partial charge in [0.2, 0.25) is 11.9 Å². The van der Waals surface area contributed by atoms with Gasteiger partial charge in [-0.25, -0.2) is 4.52 Å². The summed E-state index contributed by atoms with van der Waals surface area (Å²) >= 11 is 0. The first kappa shape index (κ1) is 19.8. The number of carbonyl (C=O) groups is 1. The minimum Gasteiger partial charge on any atom is -0.327 e. The molecule has 1 saturated carbocycles. The normalized spacial score (nSPS) is 18.1. The van der Waals surface area contributed by atoms with E-state index in [1.165, 1.54) is 12.8 Å². The van der Waals surface area contributed by atoms with Crippen molar-refractivity contribution in [2.24, 2.45) is 0 Å². The Kier molecular flexibility index (Phi) is 4.74. The highest BCUT2D eigenvalue weighted by atomic mass is 16.2. The number of hydrogen-bond donors (Lipinski definition) is 2. The van der Waals surface area contributed by atoms with Gasteiger partial charge in [-0.05, 0) is 49.9 Å². The molecule has 2 fully saturated rings. The van der Waals surface area contributed by atoms with Crippen LogP contribution in [0, 0.1) is 0 Å². The number of rotatable bonds is 6. The van der Waals surface area contributed by atoms with Crippen LogP contribution in [-0.2, 0) is 4.79 Å². The molecular formula is C24H26N8O. The Morgan fingerprint density at radius 1 is 1.15 bits per heavy atom. The number of amides is 1. The number of para-hydroxylation sites is 1. The molecule has 3 aromatic heterocycles. The molecule has 1 amide bonds. The maximum absolute atomic E-state index is 13.4. The molecule has 33 heavy (non-hydrogen) atoms. The van der Waals surface area contributed by atoms with Crippen molar-refractivity contribution in [1.82, 2.24) is 24.8 Å². The van der Waals surface area contributed by atoms with Crippen LogP contribution < -0.4 is 15.1 Å². The third kappa shape index (κ3) is 3.69. The van der Waals surface area contributed by atoms with E-state index in [0.717, 1.165) is 42.1 Å². The topological polar surface area (TPSA) is 94.5 Å². The highest BCUT2D eigenvalue weighted by Crippen LogP contribution is 2.39. The van der Waals surface area contributed by atoms with Crippen LogP contribution in [0.1, 0.15) is 37.3 Å². The Hall–Kier alpha value is -3.88. The van der Waals surface area contributed by atoms with E-state index >= 15 is 0 Å². The molecule has 2 N–H and O–H groups in total. The zero-order chi connectivity index (χ0) is 22.4. The molecule has 0 radical (unpaired) electrons. The molecule has 1 saturated heterocycles. The van der Waals surface area contributed by atoms with E-state index < -0.39 is 0 Å². The van der Waals surface area contributed by atoms with Gasteiger partial charge in [0.25, 0.3) is 0 Å². The Bertz CT molecular complexity index is 1290. The summed E-state index contributed by atoms with van der Waals surface area (Å²) in [5.41, 5.74) is 2.90. The second-order valence-electron chi connectivity index (χ2n) is 8.79. The Balaban J connectivity index is 1.30. The van der Waals surface area contributed by atoms with Gasteiger partial charge in [-0.1, -0.05) is 18.2 Å². The standard InChI is InChI=1S/C24H26N8O/c1-30(17-7-3-2-4-8-17)23(33)20-10-5-13-31(20)24-26-22(19-9-6-14-32(19)29-24)25-21-15-18(27-28-21)16-11-12-16/h2-4,6-9,14-16,20H,5,10-13H2,1H3,(H2,25,26,27,28,29)/t20-/m0/s1. The molecule has 0 spiro atoms. The van der Waals surface area contributed by atoms with Gasteiger partial charge < -0.3 is 15.1 Å². The van der Waals surface area contributed by atoms with E-state index in [9.17, 15) is 4.79 Å². The lowest BCUT2D eigenvalue weighted by atomic mass is 10.2. The van der Waals surface area contributed by atoms with E-state index in [-0.39, 0.29) is 11.9 Å². The molecule has 4 heterocycles. The number of H-pyrrole nitrogens is 1. The number of fused-ring (bicyclic) bond motifs is 1. The fourth-order valence-electron chi connectivity index (χ4n) is 4.53. The summed E-state index contributed by atoms with van der Waals surface area (Å²) in [4.78, 5) is 22.0. The molecule has 168 valence electrons. The molecule has 9 heteroatoms. The minimum atomic E-state index is -0.303. The van der Waals surface area contributed by atoms with Crippen molar-refractivity contribution < 1.29 is 4.79 Å². The lowest BCUT2D eigenvalue weighted by Crippen LogP contribution is -2.45. The molecule has 9 nitrogen and oxygen atoms in total. The Labute approximate surface area is 191 Å². The highest BCUT2D eigenvalue weighted by molar-refractivity contribution is 5.98. The van der Waals surface area contributed by atoms with Crippen LogP contribution in [0.3, 0.4) is 0 Å². The Morgan fingerprint density at radius 3 is 2.82 bits per heavy atom. The van der Waals surface area contributed by atoms with E-state index in [4.69, 9.17) is 10.1 Å². The second kappa shape index (κ2) is 7.91. The summed E-state index contributed by atoms with van der Waals surface area (Å²) in [6, 6.07) is 15.4. The quantitative estimate of drug-likeness (QED) is 0.473. The van der Waals surface area contributed by atoms with E-state index in [0.29, 0.717) is 17.7 Å². The molecule has 4 aromatic rings. The minimum absolute atomic E-state index is 0.0470. The number of aromatic nitrogens is 5. The summed E-state index contributed by atoms with van der Waals surface area (Å²) in [5, 5.41) is 15.6. The summed E-state index contributed by atoms with van der Waals surface area (Å²) in [7, 11) is 1.83. The van der Waals surface area contributed by atoms with Crippen molar-refractivity contribution in [3.05, 3.63) is 60.4 Å². The van der Waals surface area contributed by atoms with Crippen LogP contribution in [0.15, 0.2) is 54.7 Å². The first-order chi connectivity index (χ1) is 16.2. The average Bonchev–Trinajstić information content (AvgIpc) is 3.22. The summed E-state index contributed by atoms with van der Waals surface area (Å²) in [6.07, 6.45) is 6.01. The molecular weight excluding hydrogens is 416 g/mol. The van der Waals surface area contributed by atoms with Crippen LogP contribution >= 0.6 is 0 Å². The lowest BCUT2D eigenvalue weighted by Gasteiger charge is -2.28. The molecule has 1 atom stereocenters. The number of nitrogens with one attached hydrogen (secondary N) is 2. The van der Waals surface area contributed by atoms with Crippen molar-refractivity contribution in [2.45, 2.75) is 37.6 Å². The average molecular weight is 443 g/mol. The highest BCUT2D eigenvalue weighted by Gasteiger charge is 2.35. The third-order valence-corrected chi connectivity index (χ3v) is 6.51. The number of carbonyl (C=O) groups excluding carboxylic acids is 1. The van der Waals surface area contributed by atoms with Crippen molar-refractivity contribution in [2.75, 3.05) is 28.7 Å². The monoisotopic (exact) mass is 442 g/mol. The number of hydrogen-bond acceptors (Lipinski definition) is 6. The molecule has 6 rings (SSSR count). The fourth-order valence-corrected chi connectivity index (χ4v) is 4.53. The largest absolute Gasteiger partial charge is 0.327 e. The summed E-state index contributed by atoms with van der Waals surface area (Å²) < 4.78 is 1.81. The van der Waals surface area contributed by atoms with Crippen molar-refractivity contribution in [3.63, 3.8) is 0 Å². The Morgan fingerprint density at radius 2 is 2.00 bits per heavy atom. The van der Waals surface area contributed by atoms with Gasteiger partial charge in [0.15, 0.2) is 11.6 Å². The van der Waals surface area contributed by atoms with Crippen molar-refractivity contribution >= 4 is 34.7 Å². The molecule has 1 aliphatic carbocycles. The van der Waals surface area contributed by atoms with Crippen LogP contribution in [0.25, 0.3) is 5.52 Å². The zero-order valence-electron chi connectivity index (χ0n) is 18.5. The van der Waals surface area contributed by atoms with Gasteiger partial charge in [0.1, 0.15) is 11.6 Å². The van der Waals surface area contributed by atoms with Crippen molar-refractivity contribution in [1.29, 1.82) is 0 Å². The molecule has 2 aliphatic rings. The maximum Gasteiger partial charge on any atom is 0.249 e. The molecule has 1 aliphatic heterocycles. The van der Waals surface area contributed by atoms with Gasteiger partial charge in [-0.15, -0.1) is 5.10 Å². The lowest BCUT2D eigenvalue weighted by molar-refractivity contribution is -0.119. The van der Waals surface area contributed by atoms with Crippen LogP contribution in [-0.4, -0.2) is 50.3 Å². The predicted octanol–water partition coefficient (Wildman–Crippen LogP) is 3.71. The zero-order valence-corrected chi connectivity index (χ0v) is 18.5. The van der Waals surface area contributed by atoms with Gasteiger partial charge >= 0.3 is 0 Å². The van der Waals surface area contributed by atoms with Gasteiger partial charge in [-0.3, -0.25) is 9.89 Å². The van der Waals surface area contributed by atoms with Crippen LogP contribution in [0.4, 0.5) is 23.3 Å². The number of likely N-dealkylation sites (N-methyl/N-ethyl adjacent to an activating group) is 1. The van der Waals surface area contributed by atoms with E-state index in [1.807, 2.05) is 60.6 Å². The number of aromatic amines is 1. The molecule has 0 bridgehead atoms. The maximum atomic E-state index is 13.4. The third-order valence-electron chi connectivity index (χ3n) is 6.51. The fraction of sp³-hybridized carbons (Fsp3) is 0.333.